The summed E-state index contributed by atoms with van der Waals surface area (Å²) in [6, 6.07) is 0. The van der Waals surface area contributed by atoms with Crippen molar-refractivity contribution in [2.24, 2.45) is 5.41 Å². The predicted molar refractivity (Wildman–Crippen MR) is 260 cm³/mol. The maximum absolute atomic E-state index is 12.2. The Morgan fingerprint density at radius 1 is 0.348 bits per heavy atom. The van der Waals surface area contributed by atoms with Crippen LogP contribution in [0, 0.1) is 5.41 Å². The minimum Gasteiger partial charge on any atom is -0.380 e. The van der Waals surface area contributed by atoms with Crippen LogP contribution in [0.5, 0.6) is 0 Å². The molecule has 5 amide bonds. The molecule has 0 aliphatic rings. The molecule has 69 heavy (non-hydrogen) atoms. The zero-order valence-corrected chi connectivity index (χ0v) is 40.2. The molecule has 0 aromatic carbocycles. The maximum atomic E-state index is 12.2. The number of unbranched alkanes of at least 4 members (excludes halogenated alkanes) is 2. The number of hydrogen-bond donors (Lipinski definition) is 5. The van der Waals surface area contributed by atoms with Crippen LogP contribution < -0.4 is 26.6 Å². The molecule has 0 heterocycles. The van der Waals surface area contributed by atoms with E-state index in [1.165, 1.54) is 30.4 Å². The van der Waals surface area contributed by atoms with E-state index in [-0.39, 0.29) is 103 Å². The number of ketones is 3. The van der Waals surface area contributed by atoms with Gasteiger partial charge in [0.1, 0.15) is 25.7 Å². The molecule has 0 fully saturated rings. The molecule has 0 aromatic rings. The fourth-order valence-corrected chi connectivity index (χ4v) is 5.22. The normalized spacial score (nSPS) is 10.7. The number of carbonyl (C=O) groups is 8. The first-order chi connectivity index (χ1) is 33.1. The molecule has 5 N–H and O–H groups in total. The van der Waals surface area contributed by atoms with Gasteiger partial charge in [-0.1, -0.05) is 52.6 Å². The van der Waals surface area contributed by atoms with E-state index in [9.17, 15) is 38.4 Å². The van der Waals surface area contributed by atoms with Crippen LogP contribution in [0.4, 0.5) is 0 Å². The molecule has 20 heteroatoms. The highest BCUT2D eigenvalue weighted by Gasteiger charge is 2.34. The van der Waals surface area contributed by atoms with Crippen LogP contribution in [0.2, 0.25) is 0 Å². The summed E-state index contributed by atoms with van der Waals surface area (Å²) >= 11 is 0. The Morgan fingerprint density at radius 2 is 0.681 bits per heavy atom. The van der Waals surface area contributed by atoms with Gasteiger partial charge in [-0.05, 0) is 80.7 Å². The Bertz CT molecular complexity index is 1470. The van der Waals surface area contributed by atoms with Crippen molar-refractivity contribution < 1.29 is 71.5 Å². The Morgan fingerprint density at radius 3 is 1.06 bits per heavy atom. The largest absolute Gasteiger partial charge is 0.380 e. The van der Waals surface area contributed by atoms with E-state index in [4.69, 9.17) is 33.2 Å². The Kier molecular flexibility index (Phi) is 40.8. The van der Waals surface area contributed by atoms with Crippen molar-refractivity contribution >= 4 is 46.9 Å². The van der Waals surface area contributed by atoms with Crippen molar-refractivity contribution in [2.45, 2.75) is 56.9 Å². The van der Waals surface area contributed by atoms with E-state index in [0.29, 0.717) is 71.3 Å². The lowest BCUT2D eigenvalue weighted by atomic mass is 9.92. The zero-order valence-electron chi connectivity index (χ0n) is 40.2. The second-order valence-electron chi connectivity index (χ2n) is 14.9. The zero-order chi connectivity index (χ0) is 52.0. The van der Waals surface area contributed by atoms with E-state index in [1.807, 2.05) is 0 Å². The third-order valence-electron chi connectivity index (χ3n) is 8.99. The first-order valence-corrected chi connectivity index (χ1v) is 22.2. The standard InChI is InChI=1S/C27H42N2O7.C22H33N3O8/c1-5-23(30)14-9-11-17-34-20-27(29-26(33)8-4,21-35-18-12-10-15-24(31)6-2)22-36-19-13-16-28-25(32)7-3;1-5-18(26)9-10-30-11-22(12-31-15-23-19(27)6-2,13-32-16-24-20(28)7-3)14-33-17-25-21(29)8-4/h5-8H,1-4,9-22H2,(H,28,32)(H,29,33);5-8H,1-4,9-17H2,(H,23,27)(H,24,28)(H,25,29). The summed E-state index contributed by atoms with van der Waals surface area (Å²) in [6.07, 6.45) is 13.7. The monoisotopic (exact) mass is 974 g/mol. The van der Waals surface area contributed by atoms with Gasteiger partial charge in [0.25, 0.3) is 0 Å². The molecule has 0 unspecified atom stereocenters. The quantitative estimate of drug-likeness (QED) is 0.0334. The summed E-state index contributed by atoms with van der Waals surface area (Å²) in [5.74, 6) is -2.07. The Hall–Kier alpha value is -6.00. The number of ether oxygens (including phenoxy) is 7. The summed E-state index contributed by atoms with van der Waals surface area (Å²) < 4.78 is 39.8. The second kappa shape index (κ2) is 43.3. The number of allylic oxidation sites excluding steroid dienone is 3. The molecular weight excluding hydrogens is 899 g/mol. The summed E-state index contributed by atoms with van der Waals surface area (Å²) in [5.41, 5.74) is -1.88. The molecule has 0 radical (unpaired) electrons. The van der Waals surface area contributed by atoms with Crippen molar-refractivity contribution in [3.8, 4) is 0 Å². The fourth-order valence-electron chi connectivity index (χ4n) is 5.22. The van der Waals surface area contributed by atoms with Crippen LogP contribution in [-0.2, 0) is 71.5 Å². The average molecular weight is 974 g/mol. The molecule has 0 rings (SSSR count). The topological polar surface area (TPSA) is 261 Å². The van der Waals surface area contributed by atoms with Crippen molar-refractivity contribution in [3.63, 3.8) is 0 Å². The van der Waals surface area contributed by atoms with Crippen LogP contribution in [0.15, 0.2) is 101 Å². The van der Waals surface area contributed by atoms with Crippen LogP contribution in [-0.4, -0.2) is 152 Å². The summed E-state index contributed by atoms with van der Waals surface area (Å²) in [7, 11) is 0. The van der Waals surface area contributed by atoms with Crippen LogP contribution in [0.25, 0.3) is 0 Å². The first-order valence-electron chi connectivity index (χ1n) is 22.2. The third-order valence-corrected chi connectivity index (χ3v) is 8.99. The predicted octanol–water partition coefficient (Wildman–Crippen LogP) is 2.58. The number of rotatable bonds is 46. The number of nitrogens with one attached hydrogen (secondary N) is 5. The molecule has 0 saturated heterocycles. The van der Waals surface area contributed by atoms with Gasteiger partial charge in [0, 0.05) is 45.6 Å². The van der Waals surface area contributed by atoms with Crippen LogP contribution >= 0.6 is 0 Å². The smallest absolute Gasteiger partial charge is 0.245 e. The van der Waals surface area contributed by atoms with Crippen LogP contribution in [0.3, 0.4) is 0 Å². The van der Waals surface area contributed by atoms with Gasteiger partial charge < -0.3 is 59.7 Å². The highest BCUT2D eigenvalue weighted by Crippen LogP contribution is 2.21. The van der Waals surface area contributed by atoms with Gasteiger partial charge >= 0.3 is 0 Å². The highest BCUT2D eigenvalue weighted by atomic mass is 16.5. The maximum Gasteiger partial charge on any atom is 0.245 e. The van der Waals surface area contributed by atoms with Gasteiger partial charge in [-0.15, -0.1) is 0 Å². The first kappa shape index (κ1) is 65.1. The number of carbonyl (C=O) groups excluding carboxylic acids is 8. The number of amides is 5. The minimum absolute atomic E-state index is 0.0107. The van der Waals surface area contributed by atoms with E-state index in [2.05, 4.69) is 79.2 Å². The summed E-state index contributed by atoms with van der Waals surface area (Å²) in [4.78, 5) is 91.6. The van der Waals surface area contributed by atoms with Gasteiger partial charge in [-0.2, -0.15) is 0 Å². The Labute approximate surface area is 407 Å². The van der Waals surface area contributed by atoms with Gasteiger partial charge in [-0.25, -0.2) is 0 Å². The molecule has 386 valence electrons. The molecule has 0 aromatic heterocycles. The second-order valence-corrected chi connectivity index (χ2v) is 14.9. The number of hydrogen-bond acceptors (Lipinski definition) is 15. The third kappa shape index (κ3) is 37.6. The molecule has 0 bridgehead atoms. The van der Waals surface area contributed by atoms with Crippen molar-refractivity contribution in [3.05, 3.63) is 101 Å². The molecular formula is C49H75N5O15. The molecule has 0 aliphatic carbocycles. The van der Waals surface area contributed by atoms with Crippen molar-refractivity contribution in [1.82, 2.24) is 26.6 Å². The summed E-state index contributed by atoms with van der Waals surface area (Å²) in [5, 5.41) is 13.0. The van der Waals surface area contributed by atoms with E-state index >= 15 is 0 Å². The average Bonchev–Trinajstić information content (AvgIpc) is 3.36. The molecule has 0 atom stereocenters. The molecule has 20 nitrogen and oxygen atoms in total. The SMILES string of the molecule is C=CC(=O)CCCCOCC(COCCCCC(=O)C=C)(COCCCNC(=O)C=C)NC(=O)C=C.C=CC(=O)CCOCC(COCNC(=O)C=C)(COCNC(=O)C=C)COCNC(=O)C=C. The molecule has 0 aliphatic heterocycles. The van der Waals surface area contributed by atoms with E-state index in [0.717, 1.165) is 18.2 Å². The lowest BCUT2D eigenvalue weighted by molar-refractivity contribution is -0.129. The van der Waals surface area contributed by atoms with Crippen LogP contribution in [0.1, 0.15) is 51.4 Å². The van der Waals surface area contributed by atoms with E-state index in [1.54, 1.807) is 0 Å². The van der Waals surface area contributed by atoms with Gasteiger partial charge in [0.05, 0.1) is 58.3 Å². The Balaban J connectivity index is 0. The lowest BCUT2D eigenvalue weighted by Crippen LogP contribution is -2.58. The lowest BCUT2D eigenvalue weighted by Gasteiger charge is -2.34. The van der Waals surface area contributed by atoms with Crippen molar-refractivity contribution in [1.29, 1.82) is 0 Å². The van der Waals surface area contributed by atoms with Gasteiger partial charge in [0.15, 0.2) is 17.3 Å². The summed E-state index contributed by atoms with van der Waals surface area (Å²) in [6.45, 7) is 29.2. The highest BCUT2D eigenvalue weighted by molar-refractivity contribution is 5.90. The molecule has 0 spiro atoms. The van der Waals surface area contributed by atoms with Gasteiger partial charge in [0.2, 0.25) is 29.5 Å². The van der Waals surface area contributed by atoms with Gasteiger partial charge in [-0.3, -0.25) is 38.4 Å². The van der Waals surface area contributed by atoms with Crippen molar-refractivity contribution in [2.75, 3.05) is 99.4 Å². The minimum atomic E-state index is -0.969. The molecule has 0 saturated carbocycles. The van der Waals surface area contributed by atoms with E-state index < -0.39 is 34.6 Å². The fraction of sp³-hybridized carbons (Fsp3) is 0.510.